The van der Waals surface area contributed by atoms with E-state index >= 15 is 0 Å². The van der Waals surface area contributed by atoms with Crippen LogP contribution in [0.5, 0.6) is 0 Å². The Morgan fingerprint density at radius 3 is 2.89 bits per heavy atom. The summed E-state index contributed by atoms with van der Waals surface area (Å²) in [6.07, 6.45) is 1.75. The van der Waals surface area contributed by atoms with E-state index < -0.39 is 0 Å². The highest BCUT2D eigenvalue weighted by Gasteiger charge is 2.01. The molecule has 2 aromatic heterocycles. The molecule has 0 saturated carbocycles. The monoisotopic (exact) mass is 255 g/mol. The molecule has 0 radical (unpaired) electrons. The minimum absolute atomic E-state index is 0.574. The highest BCUT2D eigenvalue weighted by atomic mass is 32.2. The quantitative estimate of drug-likeness (QED) is 0.705. The molecule has 90 valence electrons. The largest absolute Gasteiger partial charge is 0.384 e. The molecule has 0 amide bonds. The van der Waals surface area contributed by atoms with Gasteiger partial charge in [-0.3, -0.25) is 0 Å². The normalized spacial score (nSPS) is 10.9. The Morgan fingerprint density at radius 2 is 2.06 bits per heavy atom. The molecule has 0 bridgehead atoms. The van der Waals surface area contributed by atoms with Crippen molar-refractivity contribution < 1.29 is 0 Å². The van der Waals surface area contributed by atoms with Gasteiger partial charge in [0.2, 0.25) is 0 Å². The Bertz CT molecular complexity index is 642. The third kappa shape index (κ3) is 2.33. The number of pyridine rings is 1. The van der Waals surface area contributed by atoms with E-state index in [9.17, 15) is 0 Å². The van der Waals surface area contributed by atoms with Crippen LogP contribution in [0.1, 0.15) is 5.56 Å². The van der Waals surface area contributed by atoms with Crippen molar-refractivity contribution >= 4 is 28.5 Å². The summed E-state index contributed by atoms with van der Waals surface area (Å²) >= 11 is 1.77. The van der Waals surface area contributed by atoms with Gasteiger partial charge in [0.25, 0.3) is 0 Å². The zero-order valence-corrected chi connectivity index (χ0v) is 10.6. The fraction of sp³-hybridized carbons (Fsp3) is 0.0714. The molecule has 0 saturated heterocycles. The Morgan fingerprint density at radius 1 is 1.17 bits per heavy atom. The molecule has 4 heteroatoms. The zero-order valence-electron chi connectivity index (χ0n) is 9.76. The standard InChI is InChI=1S/C14H13N3S/c15-13-7-10(5-6-16-13)9-18-14-8-11-3-1-2-4-12(11)17-14/h1-8,17H,9H2,(H2,15,16). The molecule has 18 heavy (non-hydrogen) atoms. The van der Waals surface area contributed by atoms with Gasteiger partial charge in [0.1, 0.15) is 5.82 Å². The van der Waals surface area contributed by atoms with E-state index in [-0.39, 0.29) is 0 Å². The van der Waals surface area contributed by atoms with E-state index in [0.717, 1.165) is 5.75 Å². The molecule has 3 aromatic rings. The number of aromatic amines is 1. The number of aromatic nitrogens is 2. The van der Waals surface area contributed by atoms with Crippen molar-refractivity contribution in [3.8, 4) is 0 Å². The van der Waals surface area contributed by atoms with Crippen molar-refractivity contribution in [2.24, 2.45) is 0 Å². The lowest BCUT2D eigenvalue weighted by Crippen LogP contribution is -1.90. The van der Waals surface area contributed by atoms with Crippen molar-refractivity contribution in [3.05, 3.63) is 54.2 Å². The van der Waals surface area contributed by atoms with E-state index in [1.54, 1.807) is 18.0 Å². The number of nitrogens with one attached hydrogen (secondary N) is 1. The van der Waals surface area contributed by atoms with Crippen molar-refractivity contribution in [2.45, 2.75) is 10.8 Å². The van der Waals surface area contributed by atoms with Crippen molar-refractivity contribution in [1.29, 1.82) is 0 Å². The van der Waals surface area contributed by atoms with E-state index in [2.05, 4.69) is 28.2 Å². The molecule has 0 fully saturated rings. The summed E-state index contributed by atoms with van der Waals surface area (Å²) in [5.41, 5.74) is 8.02. The van der Waals surface area contributed by atoms with Gasteiger partial charge in [-0.2, -0.15) is 0 Å². The first kappa shape index (κ1) is 11.2. The lowest BCUT2D eigenvalue weighted by Gasteiger charge is -2.00. The fourth-order valence-corrected chi connectivity index (χ4v) is 2.76. The average molecular weight is 255 g/mol. The van der Waals surface area contributed by atoms with E-state index in [4.69, 9.17) is 5.73 Å². The minimum Gasteiger partial charge on any atom is -0.384 e. The maximum atomic E-state index is 5.66. The lowest BCUT2D eigenvalue weighted by molar-refractivity contribution is 1.22. The molecule has 3 rings (SSSR count). The number of hydrogen-bond donors (Lipinski definition) is 2. The van der Waals surface area contributed by atoms with Crippen LogP contribution < -0.4 is 5.73 Å². The van der Waals surface area contributed by atoms with Gasteiger partial charge >= 0.3 is 0 Å². The maximum absolute atomic E-state index is 5.66. The molecular weight excluding hydrogens is 242 g/mol. The predicted molar refractivity (Wildman–Crippen MR) is 76.5 cm³/mol. The number of anilines is 1. The SMILES string of the molecule is Nc1cc(CSc2cc3ccccc3[nH]2)ccn1. The second kappa shape index (κ2) is 4.74. The van der Waals surface area contributed by atoms with E-state index in [1.807, 2.05) is 24.3 Å². The summed E-state index contributed by atoms with van der Waals surface area (Å²) in [5, 5.41) is 2.42. The summed E-state index contributed by atoms with van der Waals surface area (Å²) in [4.78, 5) is 7.39. The van der Waals surface area contributed by atoms with Crippen molar-refractivity contribution in [1.82, 2.24) is 9.97 Å². The summed E-state index contributed by atoms with van der Waals surface area (Å²) in [6, 6.07) is 14.4. The summed E-state index contributed by atoms with van der Waals surface area (Å²) < 4.78 is 0. The van der Waals surface area contributed by atoms with Crippen LogP contribution in [0.2, 0.25) is 0 Å². The van der Waals surface area contributed by atoms with Gasteiger partial charge < -0.3 is 10.7 Å². The van der Waals surface area contributed by atoms with Crippen LogP contribution in [-0.4, -0.2) is 9.97 Å². The molecule has 3 nitrogen and oxygen atoms in total. The third-order valence-corrected chi connectivity index (χ3v) is 3.75. The first-order valence-corrected chi connectivity index (χ1v) is 6.71. The predicted octanol–water partition coefficient (Wildman–Crippen LogP) is 3.44. The minimum atomic E-state index is 0.574. The highest BCUT2D eigenvalue weighted by molar-refractivity contribution is 7.98. The molecule has 0 unspecified atom stereocenters. The molecule has 0 aliphatic heterocycles. The fourth-order valence-electron chi connectivity index (χ4n) is 1.87. The number of nitrogen functional groups attached to an aromatic ring is 1. The Kier molecular flexibility index (Phi) is 2.94. The highest BCUT2D eigenvalue weighted by Crippen LogP contribution is 2.26. The number of rotatable bonds is 3. The first-order valence-electron chi connectivity index (χ1n) is 5.72. The zero-order chi connectivity index (χ0) is 12.4. The Hall–Kier alpha value is -1.94. The van der Waals surface area contributed by atoms with Crippen LogP contribution in [0.4, 0.5) is 5.82 Å². The molecule has 3 N–H and O–H groups in total. The number of hydrogen-bond acceptors (Lipinski definition) is 3. The molecule has 0 aliphatic rings. The van der Waals surface area contributed by atoms with Gasteiger partial charge in [-0.15, -0.1) is 11.8 Å². The van der Waals surface area contributed by atoms with E-state index in [0.29, 0.717) is 5.82 Å². The van der Waals surface area contributed by atoms with Crippen LogP contribution in [-0.2, 0) is 5.75 Å². The number of fused-ring (bicyclic) bond motifs is 1. The first-order chi connectivity index (χ1) is 8.81. The number of nitrogens with two attached hydrogens (primary N) is 1. The third-order valence-electron chi connectivity index (χ3n) is 2.75. The van der Waals surface area contributed by atoms with Gasteiger partial charge in [0.15, 0.2) is 0 Å². The molecular formula is C14H13N3S. The van der Waals surface area contributed by atoms with Gasteiger partial charge in [-0.1, -0.05) is 18.2 Å². The number of nitrogens with zero attached hydrogens (tertiary/aromatic N) is 1. The van der Waals surface area contributed by atoms with E-state index in [1.165, 1.54) is 21.5 Å². The van der Waals surface area contributed by atoms with Crippen LogP contribution >= 0.6 is 11.8 Å². The van der Waals surface area contributed by atoms with Gasteiger partial charge in [-0.05, 0) is 29.8 Å². The average Bonchev–Trinajstić information content (AvgIpc) is 2.79. The Labute approximate surface area is 109 Å². The molecule has 0 atom stereocenters. The topological polar surface area (TPSA) is 54.7 Å². The second-order valence-electron chi connectivity index (χ2n) is 4.10. The number of H-pyrrole nitrogens is 1. The number of para-hydroxylation sites is 1. The molecule has 1 aromatic carbocycles. The molecule has 0 aliphatic carbocycles. The summed E-state index contributed by atoms with van der Waals surface area (Å²) in [7, 11) is 0. The van der Waals surface area contributed by atoms with Crippen LogP contribution in [0.25, 0.3) is 10.9 Å². The Balaban J connectivity index is 1.76. The second-order valence-corrected chi connectivity index (χ2v) is 5.12. The van der Waals surface area contributed by atoms with Crippen LogP contribution in [0, 0.1) is 0 Å². The summed E-state index contributed by atoms with van der Waals surface area (Å²) in [5.74, 6) is 1.46. The van der Waals surface area contributed by atoms with Gasteiger partial charge in [-0.25, -0.2) is 4.98 Å². The van der Waals surface area contributed by atoms with Gasteiger partial charge in [0, 0.05) is 22.9 Å². The maximum Gasteiger partial charge on any atom is 0.123 e. The van der Waals surface area contributed by atoms with Crippen molar-refractivity contribution in [2.75, 3.05) is 5.73 Å². The number of benzene rings is 1. The molecule has 2 heterocycles. The van der Waals surface area contributed by atoms with Crippen molar-refractivity contribution in [3.63, 3.8) is 0 Å². The summed E-state index contributed by atoms with van der Waals surface area (Å²) in [6.45, 7) is 0. The lowest BCUT2D eigenvalue weighted by atomic mass is 10.3. The molecule has 0 spiro atoms. The number of thioether (sulfide) groups is 1. The van der Waals surface area contributed by atoms with Gasteiger partial charge in [0.05, 0.1) is 5.03 Å². The van der Waals surface area contributed by atoms with Crippen LogP contribution in [0.15, 0.2) is 53.7 Å². The van der Waals surface area contributed by atoms with Crippen LogP contribution in [0.3, 0.4) is 0 Å². The smallest absolute Gasteiger partial charge is 0.123 e.